The van der Waals surface area contributed by atoms with Crippen molar-refractivity contribution in [3.63, 3.8) is 0 Å². The van der Waals surface area contributed by atoms with E-state index in [0.29, 0.717) is 29.0 Å². The number of para-hydroxylation sites is 1. The van der Waals surface area contributed by atoms with Crippen LogP contribution in [-0.4, -0.2) is 18.9 Å². The molecule has 0 bridgehead atoms. The molecule has 0 aromatic heterocycles. The Kier molecular flexibility index (Phi) is 7.22. The van der Waals surface area contributed by atoms with E-state index in [-0.39, 0.29) is 17.9 Å². The summed E-state index contributed by atoms with van der Waals surface area (Å²) in [5, 5.41) is 5.85. The van der Waals surface area contributed by atoms with Crippen LogP contribution < -0.4 is 15.4 Å². The van der Waals surface area contributed by atoms with E-state index in [1.807, 2.05) is 37.3 Å². The number of hydrogen-bond acceptors (Lipinski definition) is 3. The zero-order valence-corrected chi connectivity index (χ0v) is 17.7. The first-order valence-corrected chi connectivity index (χ1v) is 10.1. The third-order valence-corrected chi connectivity index (χ3v) is 4.97. The molecule has 1 atom stereocenters. The number of carbonyl (C=O) groups excluding carboxylic acids is 2. The predicted molar refractivity (Wildman–Crippen MR) is 124 cm³/mol. The number of methoxy groups -OCH3 is 1. The van der Waals surface area contributed by atoms with Gasteiger partial charge in [-0.3, -0.25) is 9.59 Å². The number of ether oxygens (including phenoxy) is 1. The Labute approximate surface area is 182 Å². The fourth-order valence-electron chi connectivity index (χ4n) is 3.32. The fraction of sp³-hybridized carbons (Fsp3) is 0.154. The summed E-state index contributed by atoms with van der Waals surface area (Å²) >= 11 is 0. The number of hydrogen-bond donors (Lipinski definition) is 2. The van der Waals surface area contributed by atoms with Gasteiger partial charge in [-0.1, -0.05) is 48.5 Å². The molecule has 3 rings (SSSR count). The van der Waals surface area contributed by atoms with Gasteiger partial charge in [-0.2, -0.15) is 0 Å². The number of benzene rings is 3. The average molecular weight is 415 g/mol. The number of rotatable bonds is 8. The van der Waals surface area contributed by atoms with Crippen LogP contribution in [0.25, 0.3) is 0 Å². The molecule has 0 fully saturated rings. The zero-order chi connectivity index (χ0) is 22.2. The highest BCUT2D eigenvalue weighted by atomic mass is 16.5. The lowest BCUT2D eigenvalue weighted by atomic mass is 10.1. The van der Waals surface area contributed by atoms with Crippen molar-refractivity contribution in [2.24, 2.45) is 0 Å². The molecule has 31 heavy (non-hydrogen) atoms. The SMILES string of the molecule is C=CCc1cc(C(=O)Nc2ccccc2C(=O)N[C@H](C)c2ccccc2)ccc1OC. The molecule has 0 saturated carbocycles. The lowest BCUT2D eigenvalue weighted by molar-refractivity contribution is 0.0941. The Bertz CT molecular complexity index is 1080. The first-order chi connectivity index (χ1) is 15.0. The topological polar surface area (TPSA) is 67.4 Å². The van der Waals surface area contributed by atoms with Crippen LogP contribution in [0.2, 0.25) is 0 Å². The standard InChI is InChI=1S/C26H26N2O3/c1-4-10-20-17-21(15-16-24(20)31-3)25(29)28-23-14-9-8-13-22(23)26(30)27-18(2)19-11-6-5-7-12-19/h4-9,11-18H,1,10H2,2-3H3,(H,27,30)(H,28,29)/t18-/m1/s1. The van der Waals surface area contributed by atoms with Crippen molar-refractivity contribution in [2.75, 3.05) is 12.4 Å². The van der Waals surface area contributed by atoms with Gasteiger partial charge in [0.05, 0.1) is 24.4 Å². The summed E-state index contributed by atoms with van der Waals surface area (Å²) in [5.74, 6) is 0.143. The Morgan fingerprint density at radius 2 is 1.71 bits per heavy atom. The second-order valence-electron chi connectivity index (χ2n) is 7.12. The van der Waals surface area contributed by atoms with Gasteiger partial charge < -0.3 is 15.4 Å². The summed E-state index contributed by atoms with van der Waals surface area (Å²) in [6, 6.07) is 21.7. The molecular weight excluding hydrogens is 388 g/mol. The highest BCUT2D eigenvalue weighted by molar-refractivity contribution is 6.09. The minimum atomic E-state index is -0.302. The molecule has 0 radical (unpaired) electrons. The van der Waals surface area contributed by atoms with Gasteiger partial charge in [-0.15, -0.1) is 6.58 Å². The first kappa shape index (κ1) is 21.8. The summed E-state index contributed by atoms with van der Waals surface area (Å²) in [7, 11) is 1.59. The second kappa shape index (κ2) is 10.3. The molecule has 0 aliphatic heterocycles. The van der Waals surface area contributed by atoms with Crippen molar-refractivity contribution in [3.05, 3.63) is 108 Å². The summed E-state index contributed by atoms with van der Waals surface area (Å²) in [5.41, 5.74) is 3.20. The van der Waals surface area contributed by atoms with Gasteiger partial charge in [0.2, 0.25) is 0 Å². The largest absolute Gasteiger partial charge is 0.496 e. The van der Waals surface area contributed by atoms with Crippen LogP contribution in [0.4, 0.5) is 5.69 Å². The molecule has 3 aromatic rings. The highest BCUT2D eigenvalue weighted by Gasteiger charge is 2.17. The van der Waals surface area contributed by atoms with Crippen LogP contribution in [0, 0.1) is 0 Å². The molecule has 5 nitrogen and oxygen atoms in total. The molecule has 0 spiro atoms. The number of nitrogens with one attached hydrogen (secondary N) is 2. The second-order valence-corrected chi connectivity index (χ2v) is 7.12. The van der Waals surface area contributed by atoms with Crippen LogP contribution in [0.15, 0.2) is 85.5 Å². The maximum absolute atomic E-state index is 12.9. The van der Waals surface area contributed by atoms with Gasteiger partial charge >= 0.3 is 0 Å². The lowest BCUT2D eigenvalue weighted by Crippen LogP contribution is -2.28. The fourth-order valence-corrected chi connectivity index (χ4v) is 3.32. The molecular formula is C26H26N2O3. The van der Waals surface area contributed by atoms with Crippen molar-refractivity contribution in [1.82, 2.24) is 5.32 Å². The van der Waals surface area contributed by atoms with Crippen LogP contribution in [0.3, 0.4) is 0 Å². The lowest BCUT2D eigenvalue weighted by Gasteiger charge is -2.16. The molecule has 0 aliphatic rings. The number of amides is 2. The normalized spacial score (nSPS) is 11.3. The van der Waals surface area contributed by atoms with Gasteiger partial charge in [0.1, 0.15) is 5.75 Å². The van der Waals surface area contributed by atoms with E-state index in [0.717, 1.165) is 11.1 Å². The predicted octanol–water partition coefficient (Wildman–Crippen LogP) is 5.17. The summed E-state index contributed by atoms with van der Waals surface area (Å²) in [6.07, 6.45) is 2.34. The number of allylic oxidation sites excluding steroid dienone is 1. The van der Waals surface area contributed by atoms with Crippen LogP contribution in [-0.2, 0) is 6.42 Å². The summed E-state index contributed by atoms with van der Waals surface area (Å²) in [6.45, 7) is 5.67. The first-order valence-electron chi connectivity index (χ1n) is 10.1. The van der Waals surface area contributed by atoms with Crippen LogP contribution >= 0.6 is 0 Å². The number of anilines is 1. The Balaban J connectivity index is 1.79. The van der Waals surface area contributed by atoms with Crippen molar-refractivity contribution in [2.45, 2.75) is 19.4 Å². The maximum atomic E-state index is 12.9. The molecule has 0 unspecified atom stereocenters. The van der Waals surface area contributed by atoms with E-state index in [2.05, 4.69) is 17.2 Å². The molecule has 3 aromatic carbocycles. The Morgan fingerprint density at radius 3 is 2.42 bits per heavy atom. The zero-order valence-electron chi connectivity index (χ0n) is 17.7. The Morgan fingerprint density at radius 1 is 1.00 bits per heavy atom. The molecule has 158 valence electrons. The van der Waals surface area contributed by atoms with Gasteiger partial charge in [0.15, 0.2) is 0 Å². The van der Waals surface area contributed by atoms with E-state index in [4.69, 9.17) is 4.74 Å². The average Bonchev–Trinajstić information content (AvgIpc) is 2.80. The molecule has 2 N–H and O–H groups in total. The highest BCUT2D eigenvalue weighted by Crippen LogP contribution is 2.23. The van der Waals surface area contributed by atoms with E-state index in [1.54, 1.807) is 55.7 Å². The van der Waals surface area contributed by atoms with Gasteiger partial charge in [-0.25, -0.2) is 0 Å². The molecule has 0 saturated heterocycles. The molecule has 0 aliphatic carbocycles. The quantitative estimate of drug-likeness (QED) is 0.500. The minimum Gasteiger partial charge on any atom is -0.496 e. The van der Waals surface area contributed by atoms with Crippen LogP contribution in [0.5, 0.6) is 5.75 Å². The van der Waals surface area contributed by atoms with Crippen LogP contribution in [0.1, 0.15) is 44.8 Å². The van der Waals surface area contributed by atoms with Crippen molar-refractivity contribution < 1.29 is 14.3 Å². The van der Waals surface area contributed by atoms with E-state index in [9.17, 15) is 9.59 Å². The smallest absolute Gasteiger partial charge is 0.255 e. The molecule has 5 heteroatoms. The monoisotopic (exact) mass is 414 g/mol. The number of carbonyl (C=O) groups is 2. The van der Waals surface area contributed by atoms with E-state index in [1.165, 1.54) is 0 Å². The molecule has 2 amide bonds. The van der Waals surface area contributed by atoms with Gasteiger partial charge in [0, 0.05) is 5.56 Å². The minimum absolute atomic E-state index is 0.166. The third-order valence-electron chi connectivity index (χ3n) is 4.97. The van der Waals surface area contributed by atoms with E-state index >= 15 is 0 Å². The van der Waals surface area contributed by atoms with E-state index < -0.39 is 0 Å². The van der Waals surface area contributed by atoms with Crippen molar-refractivity contribution >= 4 is 17.5 Å². The Hall–Kier alpha value is -3.86. The van der Waals surface area contributed by atoms with Crippen molar-refractivity contribution in [1.29, 1.82) is 0 Å². The van der Waals surface area contributed by atoms with Gasteiger partial charge in [-0.05, 0) is 54.8 Å². The third kappa shape index (κ3) is 5.39. The summed E-state index contributed by atoms with van der Waals surface area (Å²) < 4.78 is 5.34. The molecule has 0 heterocycles. The summed E-state index contributed by atoms with van der Waals surface area (Å²) in [4.78, 5) is 25.8. The maximum Gasteiger partial charge on any atom is 0.255 e. The van der Waals surface area contributed by atoms with Gasteiger partial charge in [0.25, 0.3) is 11.8 Å². The van der Waals surface area contributed by atoms with Crippen molar-refractivity contribution in [3.8, 4) is 5.75 Å².